The van der Waals surface area contributed by atoms with E-state index in [0.29, 0.717) is 0 Å². The summed E-state index contributed by atoms with van der Waals surface area (Å²) in [7, 11) is -6.67. The Kier molecular flexibility index (Phi) is 5.16. The van der Waals surface area contributed by atoms with Gasteiger partial charge in [-0.25, -0.2) is 21.6 Å². The number of amidine groups is 1. The minimum absolute atomic E-state index is 0.0154. The van der Waals surface area contributed by atoms with Crippen molar-refractivity contribution in [3.8, 4) is 0 Å². The van der Waals surface area contributed by atoms with E-state index in [1.54, 1.807) is 6.92 Å². The summed E-state index contributed by atoms with van der Waals surface area (Å²) in [5.74, 6) is -0.705. The van der Waals surface area contributed by atoms with Crippen LogP contribution in [0.4, 0.5) is 0 Å². The Bertz CT molecular complexity index is 526. The maximum atomic E-state index is 12.0. The highest BCUT2D eigenvalue weighted by molar-refractivity contribution is 7.92. The lowest BCUT2D eigenvalue weighted by molar-refractivity contribution is 0.314. The lowest BCUT2D eigenvalue weighted by Gasteiger charge is -2.23. The van der Waals surface area contributed by atoms with Crippen molar-refractivity contribution < 1.29 is 22.0 Å². The highest BCUT2D eigenvalue weighted by Crippen LogP contribution is 2.18. The van der Waals surface area contributed by atoms with Crippen molar-refractivity contribution >= 4 is 25.7 Å². The molecule has 0 spiro atoms. The lowest BCUT2D eigenvalue weighted by atomic mass is 10.2. The third-order valence-corrected chi connectivity index (χ3v) is 6.79. The molecule has 0 aromatic rings. The molecule has 1 aliphatic heterocycles. The third kappa shape index (κ3) is 4.62. The van der Waals surface area contributed by atoms with Crippen LogP contribution in [0.25, 0.3) is 0 Å². The number of rotatable bonds is 5. The van der Waals surface area contributed by atoms with Crippen LogP contribution in [0, 0.1) is 5.92 Å². The molecule has 4 N–H and O–H groups in total. The van der Waals surface area contributed by atoms with E-state index in [1.165, 1.54) is 0 Å². The highest BCUT2D eigenvalue weighted by Gasteiger charge is 2.32. The fourth-order valence-corrected chi connectivity index (χ4v) is 5.10. The summed E-state index contributed by atoms with van der Waals surface area (Å²) < 4.78 is 48.8. The van der Waals surface area contributed by atoms with Crippen LogP contribution in [0.1, 0.15) is 19.8 Å². The quantitative estimate of drug-likeness (QED) is 0.254. The number of nitrogens with two attached hydrogens (primary N) is 1. The standard InChI is InChI=1S/C9H19N3O5S2/c1-7(9(10)12-13)6-11-19(16,17)8-2-4-18(14,15)5-3-8/h7-8,11,13H,2-6H2,1H3,(H2,10,12). The van der Waals surface area contributed by atoms with Gasteiger partial charge in [0.25, 0.3) is 0 Å². The fraction of sp³-hybridized carbons (Fsp3) is 0.889. The van der Waals surface area contributed by atoms with Gasteiger partial charge in [-0.15, -0.1) is 0 Å². The van der Waals surface area contributed by atoms with Crippen molar-refractivity contribution in [1.82, 2.24) is 4.72 Å². The normalized spacial score (nSPS) is 23.1. The Labute approximate surface area is 113 Å². The molecular formula is C9H19N3O5S2. The Morgan fingerprint density at radius 1 is 1.47 bits per heavy atom. The zero-order chi connectivity index (χ0) is 14.7. The van der Waals surface area contributed by atoms with Gasteiger partial charge in [0, 0.05) is 12.5 Å². The molecule has 1 rings (SSSR count). The highest BCUT2D eigenvalue weighted by atomic mass is 32.2. The van der Waals surface area contributed by atoms with E-state index < -0.39 is 31.0 Å². The molecular weight excluding hydrogens is 294 g/mol. The van der Waals surface area contributed by atoms with Crippen molar-refractivity contribution in [1.29, 1.82) is 0 Å². The molecule has 1 heterocycles. The molecule has 10 heteroatoms. The first-order chi connectivity index (χ1) is 8.68. The van der Waals surface area contributed by atoms with Crippen LogP contribution < -0.4 is 10.5 Å². The maximum Gasteiger partial charge on any atom is 0.214 e. The molecule has 0 amide bonds. The molecule has 0 aromatic heterocycles. The first-order valence-electron chi connectivity index (χ1n) is 5.84. The van der Waals surface area contributed by atoms with Crippen molar-refractivity contribution in [2.75, 3.05) is 18.1 Å². The Hall–Kier alpha value is -0.870. The van der Waals surface area contributed by atoms with Gasteiger partial charge in [-0.3, -0.25) is 0 Å². The predicted molar refractivity (Wildman–Crippen MR) is 71.2 cm³/mol. The molecule has 1 saturated heterocycles. The first kappa shape index (κ1) is 16.2. The smallest absolute Gasteiger partial charge is 0.214 e. The van der Waals surface area contributed by atoms with Gasteiger partial charge in [0.05, 0.1) is 16.8 Å². The number of sulfone groups is 1. The van der Waals surface area contributed by atoms with Crippen molar-refractivity contribution in [3.63, 3.8) is 0 Å². The number of hydrogen-bond donors (Lipinski definition) is 3. The molecule has 8 nitrogen and oxygen atoms in total. The van der Waals surface area contributed by atoms with Crippen LogP contribution in [0.2, 0.25) is 0 Å². The van der Waals surface area contributed by atoms with Crippen LogP contribution >= 0.6 is 0 Å². The Morgan fingerprint density at radius 3 is 2.47 bits per heavy atom. The van der Waals surface area contributed by atoms with Crippen molar-refractivity contribution in [3.05, 3.63) is 0 Å². The summed E-state index contributed by atoms with van der Waals surface area (Å²) in [6, 6.07) is 0. The van der Waals surface area contributed by atoms with Gasteiger partial charge in [0.1, 0.15) is 15.7 Å². The average molecular weight is 313 g/mol. The second-order valence-corrected chi connectivity index (χ2v) is 9.02. The molecule has 19 heavy (non-hydrogen) atoms. The molecule has 0 aromatic carbocycles. The second kappa shape index (κ2) is 6.06. The SMILES string of the molecule is CC(CNS(=O)(=O)C1CCS(=O)(=O)CC1)C(N)=NO. The van der Waals surface area contributed by atoms with Crippen molar-refractivity contribution in [2.45, 2.75) is 25.0 Å². The van der Waals surface area contributed by atoms with E-state index in [2.05, 4.69) is 9.88 Å². The monoisotopic (exact) mass is 313 g/mol. The van der Waals surface area contributed by atoms with E-state index in [0.717, 1.165) is 0 Å². The predicted octanol–water partition coefficient (Wildman–Crippen LogP) is -1.13. The summed E-state index contributed by atoms with van der Waals surface area (Å²) >= 11 is 0. The molecule has 1 atom stereocenters. The van der Waals surface area contributed by atoms with Crippen LogP contribution in [0.3, 0.4) is 0 Å². The molecule has 1 fully saturated rings. The Morgan fingerprint density at radius 2 is 2.00 bits per heavy atom. The van der Waals surface area contributed by atoms with Gasteiger partial charge in [0.15, 0.2) is 0 Å². The minimum atomic E-state index is -3.58. The van der Waals surface area contributed by atoms with Crippen molar-refractivity contribution in [2.24, 2.45) is 16.8 Å². The third-order valence-electron chi connectivity index (χ3n) is 3.15. The number of nitrogens with zero attached hydrogens (tertiary/aromatic N) is 1. The molecule has 0 radical (unpaired) electrons. The van der Waals surface area contributed by atoms with Crippen LogP contribution in [0.15, 0.2) is 5.16 Å². The summed E-state index contributed by atoms with van der Waals surface area (Å²) in [5, 5.41) is 10.6. The van der Waals surface area contributed by atoms with Crippen LogP contribution in [0.5, 0.6) is 0 Å². The van der Waals surface area contributed by atoms with E-state index in [4.69, 9.17) is 10.9 Å². The topological polar surface area (TPSA) is 139 Å². The maximum absolute atomic E-state index is 12.0. The van der Waals surface area contributed by atoms with E-state index in [1.807, 2.05) is 0 Å². The largest absolute Gasteiger partial charge is 0.409 e. The molecule has 1 unspecified atom stereocenters. The first-order valence-corrected chi connectivity index (χ1v) is 9.21. The molecule has 112 valence electrons. The van der Waals surface area contributed by atoms with Gasteiger partial charge < -0.3 is 10.9 Å². The second-order valence-electron chi connectivity index (χ2n) is 4.67. The molecule has 0 bridgehead atoms. The number of nitrogens with one attached hydrogen (secondary N) is 1. The van der Waals surface area contributed by atoms with E-state index >= 15 is 0 Å². The Balaban J connectivity index is 2.58. The molecule has 0 aliphatic carbocycles. The van der Waals surface area contributed by atoms with Gasteiger partial charge in [0.2, 0.25) is 10.0 Å². The number of hydrogen-bond acceptors (Lipinski definition) is 6. The van der Waals surface area contributed by atoms with Gasteiger partial charge >= 0.3 is 0 Å². The average Bonchev–Trinajstić information content (AvgIpc) is 2.34. The zero-order valence-corrected chi connectivity index (χ0v) is 12.2. The number of sulfonamides is 1. The summed E-state index contributed by atoms with van der Waals surface area (Å²) in [5.41, 5.74) is 5.35. The van der Waals surface area contributed by atoms with Gasteiger partial charge in [-0.1, -0.05) is 12.1 Å². The summed E-state index contributed by atoms with van der Waals surface area (Å²) in [6.07, 6.45) is 0.214. The zero-order valence-electron chi connectivity index (χ0n) is 10.6. The lowest BCUT2D eigenvalue weighted by Crippen LogP contribution is -2.42. The number of oxime groups is 1. The van der Waals surface area contributed by atoms with Crippen LogP contribution in [-0.4, -0.2) is 51.2 Å². The van der Waals surface area contributed by atoms with Crippen LogP contribution in [-0.2, 0) is 19.9 Å². The molecule has 0 saturated carbocycles. The molecule has 1 aliphatic rings. The summed E-state index contributed by atoms with van der Waals surface area (Å²) in [4.78, 5) is 0. The van der Waals surface area contributed by atoms with Gasteiger partial charge in [-0.2, -0.15) is 0 Å². The summed E-state index contributed by atoms with van der Waals surface area (Å²) in [6.45, 7) is 1.63. The van der Waals surface area contributed by atoms with Gasteiger partial charge in [-0.05, 0) is 12.8 Å². The fourth-order valence-electron chi connectivity index (χ4n) is 1.74. The minimum Gasteiger partial charge on any atom is -0.409 e. The van der Waals surface area contributed by atoms with E-state index in [9.17, 15) is 16.8 Å². The van der Waals surface area contributed by atoms with E-state index in [-0.39, 0.29) is 36.7 Å².